The third kappa shape index (κ3) is 6.69. The summed E-state index contributed by atoms with van der Waals surface area (Å²) in [5.41, 5.74) is 1.96. The molecule has 3 aromatic rings. The smallest absolute Gasteiger partial charge is 0.224 e. The quantitative estimate of drug-likeness (QED) is 0.317. The molecule has 42 heavy (non-hydrogen) atoms. The zero-order chi connectivity index (χ0) is 28.9. The Morgan fingerprint density at radius 2 is 1.95 bits per heavy atom. The first-order chi connectivity index (χ1) is 20.5. The highest BCUT2D eigenvalue weighted by molar-refractivity contribution is 5.84. The fourth-order valence-electron chi connectivity index (χ4n) is 6.76. The van der Waals surface area contributed by atoms with Gasteiger partial charge in [0.2, 0.25) is 17.7 Å². The number of Topliss-reactive ketones (excluding diaryl/α,β-unsaturated/α-hetero) is 1. The number of unbranched alkanes of at least 4 members (excludes halogenated alkanes) is 2. The van der Waals surface area contributed by atoms with E-state index in [1.807, 2.05) is 31.2 Å². The van der Waals surface area contributed by atoms with Crippen LogP contribution in [0.15, 0.2) is 40.9 Å². The number of hydrogen-bond acceptors (Lipinski definition) is 7. The molecule has 1 aliphatic carbocycles. The van der Waals surface area contributed by atoms with Gasteiger partial charge in [0.25, 0.3) is 0 Å². The van der Waals surface area contributed by atoms with Crippen molar-refractivity contribution >= 4 is 22.6 Å². The zero-order valence-corrected chi connectivity index (χ0v) is 24.9. The average Bonchev–Trinajstić information content (AvgIpc) is 3.48. The zero-order valence-electron chi connectivity index (χ0n) is 24.9. The van der Waals surface area contributed by atoms with Gasteiger partial charge in [-0.15, -0.1) is 0 Å². The van der Waals surface area contributed by atoms with Gasteiger partial charge in [0.1, 0.15) is 11.8 Å². The Labute approximate surface area is 248 Å². The Morgan fingerprint density at radius 3 is 2.81 bits per heavy atom. The van der Waals surface area contributed by atoms with Gasteiger partial charge in [-0.2, -0.15) is 0 Å². The molecule has 8 heterocycles. The van der Waals surface area contributed by atoms with Gasteiger partial charge in [-0.1, -0.05) is 19.8 Å². The lowest BCUT2D eigenvalue weighted by Gasteiger charge is -2.33. The first-order valence-corrected chi connectivity index (χ1v) is 16.1. The summed E-state index contributed by atoms with van der Waals surface area (Å²) in [5.74, 6) is 2.41. The highest BCUT2D eigenvalue weighted by Crippen LogP contribution is 2.59. The van der Waals surface area contributed by atoms with Gasteiger partial charge in [0.15, 0.2) is 5.76 Å². The predicted octanol–water partition coefficient (Wildman–Crippen LogP) is 6.64. The van der Waals surface area contributed by atoms with Gasteiger partial charge in [-0.05, 0) is 101 Å². The Bertz CT molecular complexity index is 1390. The highest BCUT2D eigenvalue weighted by Gasteiger charge is 2.58. The number of nitrogens with one attached hydrogen (secondary N) is 1. The second-order valence-corrected chi connectivity index (χ2v) is 12.5. The third-order valence-corrected chi connectivity index (χ3v) is 9.66. The highest BCUT2D eigenvalue weighted by atomic mass is 16.5. The van der Waals surface area contributed by atoms with E-state index in [0.717, 1.165) is 93.9 Å². The molecule has 10 rings (SSSR count). The van der Waals surface area contributed by atoms with Gasteiger partial charge >= 0.3 is 0 Å². The van der Waals surface area contributed by atoms with E-state index >= 15 is 0 Å². The van der Waals surface area contributed by atoms with Crippen molar-refractivity contribution in [3.8, 4) is 17.2 Å². The summed E-state index contributed by atoms with van der Waals surface area (Å²) in [4.78, 5) is 37.2. The van der Waals surface area contributed by atoms with E-state index in [4.69, 9.17) is 14.1 Å². The van der Waals surface area contributed by atoms with Crippen LogP contribution in [0.5, 0.6) is 5.88 Å². The molecular weight excluding hydrogens is 528 g/mol. The van der Waals surface area contributed by atoms with Crippen LogP contribution in [0.1, 0.15) is 95.9 Å². The van der Waals surface area contributed by atoms with E-state index in [0.29, 0.717) is 42.8 Å². The maximum absolute atomic E-state index is 13.6. The van der Waals surface area contributed by atoms with Crippen LogP contribution in [0.25, 0.3) is 22.2 Å². The van der Waals surface area contributed by atoms with Crippen molar-refractivity contribution in [3.63, 3.8) is 0 Å². The first kappa shape index (κ1) is 28.8. The van der Waals surface area contributed by atoms with Crippen LogP contribution in [-0.2, 0) is 9.59 Å². The number of piperidine rings is 1. The number of rotatable bonds is 7. The maximum atomic E-state index is 13.6. The second-order valence-electron chi connectivity index (χ2n) is 12.5. The van der Waals surface area contributed by atoms with Gasteiger partial charge in [0, 0.05) is 35.8 Å². The number of amides is 1. The second kappa shape index (κ2) is 12.9. The van der Waals surface area contributed by atoms with E-state index in [1.54, 1.807) is 6.20 Å². The maximum Gasteiger partial charge on any atom is 0.224 e. The number of oxazole rings is 1. The molecule has 8 nitrogen and oxygen atoms in total. The third-order valence-electron chi connectivity index (χ3n) is 9.66. The standard InChI is InChI=1S/C34H44N4O4/c1-2-26(39)9-5-3-6-10-29-33-35-23-30(42-33)25-11-13-28-24(21-25)12-14-31(36-28)41-20-8-4-7-17-38-18-15-34(16-19-38)22-27(34)32(40)37-29/h11-14,21,23,27,29H,2-10,15-20,22H2,1H3,(H,37,40)/t27-,29+/m1/s1. The van der Waals surface area contributed by atoms with E-state index in [-0.39, 0.29) is 23.3 Å². The van der Waals surface area contributed by atoms with Crippen molar-refractivity contribution in [1.82, 2.24) is 20.2 Å². The van der Waals surface area contributed by atoms with Crippen molar-refractivity contribution in [2.45, 2.75) is 90.0 Å². The summed E-state index contributed by atoms with van der Waals surface area (Å²) in [5, 5.41) is 4.34. The number of nitrogens with zero attached hydrogens (tertiary/aromatic N) is 3. The van der Waals surface area contributed by atoms with Crippen molar-refractivity contribution in [2.24, 2.45) is 11.3 Å². The predicted molar refractivity (Wildman–Crippen MR) is 162 cm³/mol. The Kier molecular flexibility index (Phi) is 8.89. The van der Waals surface area contributed by atoms with Crippen LogP contribution in [0, 0.1) is 11.3 Å². The summed E-state index contributed by atoms with van der Waals surface area (Å²) < 4.78 is 12.3. The fraction of sp³-hybridized carbons (Fsp3) is 0.588. The molecule has 1 saturated heterocycles. The number of ether oxygens (including phenoxy) is 1. The van der Waals surface area contributed by atoms with Gasteiger partial charge in [-0.3, -0.25) is 9.59 Å². The van der Waals surface area contributed by atoms with E-state index in [1.165, 1.54) is 6.42 Å². The number of aromatic nitrogens is 2. The van der Waals surface area contributed by atoms with Crippen molar-refractivity contribution < 1.29 is 18.7 Å². The molecule has 6 aliphatic heterocycles. The molecule has 7 aliphatic rings. The molecule has 1 amide bonds. The van der Waals surface area contributed by atoms with Gasteiger partial charge < -0.3 is 19.4 Å². The topological polar surface area (TPSA) is 97.6 Å². The number of benzene rings is 1. The van der Waals surface area contributed by atoms with Gasteiger partial charge in [0.05, 0.1) is 18.3 Å². The molecule has 2 atom stereocenters. The summed E-state index contributed by atoms with van der Waals surface area (Å²) in [6.45, 7) is 5.85. The molecule has 2 aromatic heterocycles. The molecule has 0 unspecified atom stereocenters. The molecule has 1 aromatic carbocycles. The molecule has 8 bridgehead atoms. The SMILES string of the molecule is CCC(=O)CCCCC[C@@H]1NC(=O)[C@H]2CC23CCN(CCCCCOc2ccc4cc(ccc4n2)-c2cnc1o2)CC3. The minimum Gasteiger partial charge on any atom is -0.478 e. The number of hydrogen-bond donors (Lipinski definition) is 1. The average molecular weight is 573 g/mol. The minimum absolute atomic E-state index is 0.0789. The normalized spacial score (nSPS) is 26.2. The van der Waals surface area contributed by atoms with Crippen LogP contribution in [0.4, 0.5) is 0 Å². The summed E-state index contributed by atoms with van der Waals surface area (Å²) in [6, 6.07) is 9.73. The Balaban J connectivity index is 1.21. The Morgan fingerprint density at radius 1 is 1.07 bits per heavy atom. The molecule has 1 saturated carbocycles. The van der Waals surface area contributed by atoms with E-state index in [9.17, 15) is 9.59 Å². The van der Waals surface area contributed by atoms with E-state index < -0.39 is 0 Å². The number of carbonyl (C=O) groups is 2. The van der Waals surface area contributed by atoms with Crippen LogP contribution in [0.3, 0.4) is 0 Å². The van der Waals surface area contributed by atoms with Crippen LogP contribution < -0.4 is 10.1 Å². The lowest BCUT2D eigenvalue weighted by molar-refractivity contribution is -0.124. The van der Waals surface area contributed by atoms with Gasteiger partial charge in [-0.25, -0.2) is 9.97 Å². The van der Waals surface area contributed by atoms with Crippen molar-refractivity contribution in [1.29, 1.82) is 0 Å². The number of carbonyl (C=O) groups excluding carboxylic acids is 2. The first-order valence-electron chi connectivity index (χ1n) is 16.1. The molecule has 1 spiro atoms. The summed E-state index contributed by atoms with van der Waals surface area (Å²) in [6.07, 6.45) is 12.9. The molecule has 1 N–H and O–H groups in total. The lowest BCUT2D eigenvalue weighted by Crippen LogP contribution is -2.38. The van der Waals surface area contributed by atoms with E-state index in [2.05, 4.69) is 21.3 Å². The van der Waals surface area contributed by atoms with Crippen LogP contribution >= 0.6 is 0 Å². The minimum atomic E-state index is -0.283. The number of pyridine rings is 1. The fourth-order valence-corrected chi connectivity index (χ4v) is 6.76. The summed E-state index contributed by atoms with van der Waals surface area (Å²) in [7, 11) is 0. The molecule has 8 heteroatoms. The van der Waals surface area contributed by atoms with Crippen LogP contribution in [-0.4, -0.2) is 52.8 Å². The Hall–Kier alpha value is -3.26. The molecule has 2 fully saturated rings. The number of ketones is 1. The van der Waals surface area contributed by atoms with Crippen molar-refractivity contribution in [3.05, 3.63) is 42.4 Å². The monoisotopic (exact) mass is 572 g/mol. The summed E-state index contributed by atoms with van der Waals surface area (Å²) >= 11 is 0. The van der Waals surface area contributed by atoms with Crippen molar-refractivity contribution in [2.75, 3.05) is 26.2 Å². The molecule has 224 valence electrons. The largest absolute Gasteiger partial charge is 0.478 e. The molecular formula is C34H44N4O4. The lowest BCUT2D eigenvalue weighted by atomic mass is 9.90. The van der Waals surface area contributed by atoms with Crippen LogP contribution in [0.2, 0.25) is 0 Å². The molecule has 0 radical (unpaired) electrons.